The van der Waals surface area contributed by atoms with Crippen LogP contribution in [0.4, 0.5) is 0 Å². The van der Waals surface area contributed by atoms with Gasteiger partial charge in [0.15, 0.2) is 0 Å². The molecule has 1 saturated heterocycles. The molecule has 1 aromatic carbocycles. The van der Waals surface area contributed by atoms with Gasteiger partial charge in [-0.3, -0.25) is 4.79 Å². The number of halogens is 1. The first-order valence-electron chi connectivity index (χ1n) is 7.89. The fraction of sp³-hybridized carbons (Fsp3) is 0.588. The predicted molar refractivity (Wildman–Crippen MR) is 85.2 cm³/mol. The van der Waals surface area contributed by atoms with Crippen LogP contribution in [-0.4, -0.2) is 29.9 Å². The number of hydrogen-bond donors (Lipinski definition) is 1. The molecular weight excluding hydrogens is 284 g/mol. The maximum absolute atomic E-state index is 12.6. The Kier molecular flexibility index (Phi) is 4.51. The summed E-state index contributed by atoms with van der Waals surface area (Å²) in [5.74, 6) is 0.927. The monoisotopic (exact) mass is 306 g/mol. The van der Waals surface area contributed by atoms with E-state index in [0.29, 0.717) is 18.5 Å². The smallest absolute Gasteiger partial charge is 0.239 e. The Morgan fingerprint density at radius 3 is 2.71 bits per heavy atom. The summed E-state index contributed by atoms with van der Waals surface area (Å²) < 4.78 is 0. The van der Waals surface area contributed by atoms with E-state index in [4.69, 9.17) is 11.6 Å². The summed E-state index contributed by atoms with van der Waals surface area (Å²) in [6.07, 6.45) is 6.15. The van der Waals surface area contributed by atoms with Gasteiger partial charge in [0.2, 0.25) is 5.91 Å². The van der Waals surface area contributed by atoms with Crippen molar-refractivity contribution in [3.63, 3.8) is 0 Å². The van der Waals surface area contributed by atoms with E-state index in [2.05, 4.69) is 5.32 Å². The van der Waals surface area contributed by atoms with Gasteiger partial charge >= 0.3 is 0 Å². The Morgan fingerprint density at radius 2 is 2.00 bits per heavy atom. The fourth-order valence-corrected chi connectivity index (χ4v) is 3.84. The third kappa shape index (κ3) is 3.41. The van der Waals surface area contributed by atoms with Crippen LogP contribution in [0.5, 0.6) is 0 Å². The maximum Gasteiger partial charge on any atom is 0.239 e. The van der Waals surface area contributed by atoms with Crippen molar-refractivity contribution < 1.29 is 4.79 Å². The summed E-state index contributed by atoms with van der Waals surface area (Å²) in [5, 5.41) is 4.29. The minimum Gasteiger partial charge on any atom is -0.340 e. The number of amides is 1. The van der Waals surface area contributed by atoms with Gasteiger partial charge in [-0.05, 0) is 42.9 Å². The Balaban J connectivity index is 1.58. The molecule has 3 unspecified atom stereocenters. The van der Waals surface area contributed by atoms with Crippen molar-refractivity contribution in [1.82, 2.24) is 10.2 Å². The molecule has 21 heavy (non-hydrogen) atoms. The van der Waals surface area contributed by atoms with E-state index >= 15 is 0 Å². The van der Waals surface area contributed by atoms with E-state index in [9.17, 15) is 4.79 Å². The third-order valence-electron chi connectivity index (χ3n) is 4.87. The van der Waals surface area contributed by atoms with E-state index in [1.807, 2.05) is 36.2 Å². The van der Waals surface area contributed by atoms with Crippen LogP contribution in [0.2, 0.25) is 5.02 Å². The number of carbonyl (C=O) groups excluding carboxylic acids is 1. The van der Waals surface area contributed by atoms with Crippen LogP contribution in [-0.2, 0) is 11.3 Å². The summed E-state index contributed by atoms with van der Waals surface area (Å²) >= 11 is 5.89. The average Bonchev–Trinajstić information content (AvgIpc) is 2.92. The summed E-state index contributed by atoms with van der Waals surface area (Å²) in [6, 6.07) is 8.28. The van der Waals surface area contributed by atoms with Crippen LogP contribution in [0.3, 0.4) is 0 Å². The molecule has 0 aromatic heterocycles. The molecular formula is C17H23ClN2O. The van der Waals surface area contributed by atoms with Gasteiger partial charge < -0.3 is 10.2 Å². The molecule has 1 aromatic rings. The minimum atomic E-state index is 0.00963. The molecule has 3 atom stereocenters. The summed E-state index contributed by atoms with van der Waals surface area (Å²) in [4.78, 5) is 14.4. The van der Waals surface area contributed by atoms with Crippen LogP contribution in [0.1, 0.15) is 37.7 Å². The van der Waals surface area contributed by atoms with Gasteiger partial charge in [0, 0.05) is 24.7 Å². The van der Waals surface area contributed by atoms with Gasteiger partial charge in [-0.2, -0.15) is 0 Å². The molecule has 0 radical (unpaired) electrons. The average molecular weight is 307 g/mol. The molecule has 2 fully saturated rings. The number of nitrogens with one attached hydrogen (secondary N) is 1. The molecule has 0 spiro atoms. The molecule has 2 aliphatic rings. The molecule has 114 valence electrons. The largest absolute Gasteiger partial charge is 0.340 e. The molecule has 1 saturated carbocycles. The van der Waals surface area contributed by atoms with Gasteiger partial charge in [-0.15, -0.1) is 0 Å². The van der Waals surface area contributed by atoms with Crippen molar-refractivity contribution in [2.45, 2.75) is 50.7 Å². The zero-order valence-electron chi connectivity index (χ0n) is 12.5. The van der Waals surface area contributed by atoms with Crippen LogP contribution in [0.15, 0.2) is 24.3 Å². The van der Waals surface area contributed by atoms with Crippen molar-refractivity contribution in [1.29, 1.82) is 0 Å². The lowest BCUT2D eigenvalue weighted by molar-refractivity contribution is -0.132. The number of likely N-dealkylation sites (N-methyl/N-ethyl adjacent to an activating group) is 1. The first-order valence-corrected chi connectivity index (χ1v) is 8.27. The molecule has 3 rings (SSSR count). The normalized spacial score (nSPS) is 28.2. The Bertz CT molecular complexity index is 488. The van der Waals surface area contributed by atoms with Gasteiger partial charge in [0.25, 0.3) is 0 Å². The number of nitrogens with zero attached hydrogens (tertiary/aromatic N) is 1. The Morgan fingerprint density at radius 1 is 1.29 bits per heavy atom. The summed E-state index contributed by atoms with van der Waals surface area (Å²) in [7, 11) is 1.89. The lowest BCUT2D eigenvalue weighted by Gasteiger charge is -2.24. The maximum atomic E-state index is 12.6. The molecule has 1 aliphatic heterocycles. The van der Waals surface area contributed by atoms with Crippen LogP contribution >= 0.6 is 11.6 Å². The van der Waals surface area contributed by atoms with Crippen LogP contribution in [0, 0.1) is 5.92 Å². The van der Waals surface area contributed by atoms with Crippen molar-refractivity contribution in [3.05, 3.63) is 34.9 Å². The van der Waals surface area contributed by atoms with Gasteiger partial charge in [-0.1, -0.05) is 36.6 Å². The molecule has 4 heteroatoms. The van der Waals surface area contributed by atoms with E-state index in [1.54, 1.807) is 0 Å². The molecule has 1 aliphatic carbocycles. The first kappa shape index (κ1) is 14.9. The summed E-state index contributed by atoms with van der Waals surface area (Å²) in [6.45, 7) is 0.642. The first-order chi connectivity index (χ1) is 10.1. The topological polar surface area (TPSA) is 32.3 Å². The van der Waals surface area contributed by atoms with E-state index < -0.39 is 0 Å². The van der Waals surface area contributed by atoms with Gasteiger partial charge in [0.05, 0.1) is 6.04 Å². The Hall–Kier alpha value is -1.06. The second-order valence-corrected chi connectivity index (χ2v) is 6.86. The van der Waals surface area contributed by atoms with Crippen LogP contribution in [0.25, 0.3) is 0 Å². The highest BCUT2D eigenvalue weighted by Crippen LogP contribution is 2.33. The standard InChI is InChI=1S/C17H23ClN2O/c1-20(11-12-6-8-14(18)9-7-12)17(21)16-10-13-4-2-3-5-15(13)19-16/h6-9,13,15-16,19H,2-5,10-11H2,1H3. The van der Waals surface area contributed by atoms with E-state index in [0.717, 1.165) is 17.0 Å². The molecule has 0 bridgehead atoms. The number of rotatable bonds is 3. The van der Waals surface area contributed by atoms with Crippen molar-refractivity contribution in [3.8, 4) is 0 Å². The van der Waals surface area contributed by atoms with Crippen LogP contribution < -0.4 is 5.32 Å². The highest BCUT2D eigenvalue weighted by molar-refractivity contribution is 6.30. The second kappa shape index (κ2) is 6.37. The number of hydrogen-bond acceptors (Lipinski definition) is 2. The van der Waals surface area contributed by atoms with Crippen molar-refractivity contribution >= 4 is 17.5 Å². The SMILES string of the molecule is CN(Cc1ccc(Cl)cc1)C(=O)C1CC2CCCCC2N1. The quantitative estimate of drug-likeness (QED) is 0.930. The van der Waals surface area contributed by atoms with E-state index in [1.165, 1.54) is 25.7 Å². The highest BCUT2D eigenvalue weighted by atomic mass is 35.5. The second-order valence-electron chi connectivity index (χ2n) is 6.43. The lowest BCUT2D eigenvalue weighted by Crippen LogP contribution is -2.43. The van der Waals surface area contributed by atoms with Gasteiger partial charge in [0.1, 0.15) is 0 Å². The van der Waals surface area contributed by atoms with Crippen molar-refractivity contribution in [2.75, 3.05) is 7.05 Å². The van der Waals surface area contributed by atoms with Crippen molar-refractivity contribution in [2.24, 2.45) is 5.92 Å². The molecule has 1 heterocycles. The number of benzene rings is 1. The minimum absolute atomic E-state index is 0.00963. The van der Waals surface area contributed by atoms with E-state index in [-0.39, 0.29) is 11.9 Å². The molecule has 3 nitrogen and oxygen atoms in total. The zero-order valence-corrected chi connectivity index (χ0v) is 13.3. The third-order valence-corrected chi connectivity index (χ3v) is 5.12. The zero-order chi connectivity index (χ0) is 14.8. The lowest BCUT2D eigenvalue weighted by atomic mass is 9.85. The van der Waals surface area contributed by atoms with Gasteiger partial charge in [-0.25, -0.2) is 0 Å². The Labute approximate surface area is 131 Å². The molecule has 1 amide bonds. The summed E-state index contributed by atoms with van der Waals surface area (Å²) in [5.41, 5.74) is 1.12. The number of carbonyl (C=O) groups is 1. The predicted octanol–water partition coefficient (Wildman–Crippen LogP) is 3.22. The highest BCUT2D eigenvalue weighted by Gasteiger charge is 2.39. The fourth-order valence-electron chi connectivity index (χ4n) is 3.72. The molecule has 1 N–H and O–H groups in total. The number of fused-ring (bicyclic) bond motifs is 1.